The van der Waals surface area contributed by atoms with E-state index in [4.69, 9.17) is 5.73 Å². The molecule has 2 N–H and O–H groups in total. The van der Waals surface area contributed by atoms with E-state index in [9.17, 15) is 9.18 Å². The summed E-state index contributed by atoms with van der Waals surface area (Å²) in [6, 6.07) is 4.10. The van der Waals surface area contributed by atoms with Gasteiger partial charge in [-0.3, -0.25) is 9.78 Å². The highest BCUT2D eigenvalue weighted by Crippen LogP contribution is 2.23. The van der Waals surface area contributed by atoms with Gasteiger partial charge in [-0.1, -0.05) is 0 Å². The summed E-state index contributed by atoms with van der Waals surface area (Å²) in [6.07, 6.45) is 1.41. The average molecular weight is 204 g/mol. The molecule has 1 aromatic heterocycles. The van der Waals surface area contributed by atoms with Gasteiger partial charge in [0.15, 0.2) is 5.78 Å². The molecule has 1 heterocycles. The number of Topliss-reactive ketones (excluding diaryl/α,β-unsaturated/α-hetero) is 1. The van der Waals surface area contributed by atoms with Crippen LogP contribution in [0.3, 0.4) is 0 Å². The van der Waals surface area contributed by atoms with E-state index in [1.54, 1.807) is 0 Å². The van der Waals surface area contributed by atoms with Crippen LogP contribution in [0, 0.1) is 5.82 Å². The van der Waals surface area contributed by atoms with Crippen LogP contribution in [0.25, 0.3) is 10.9 Å². The first-order valence-electron chi connectivity index (χ1n) is 4.44. The van der Waals surface area contributed by atoms with Crippen molar-refractivity contribution in [2.24, 2.45) is 0 Å². The summed E-state index contributed by atoms with van der Waals surface area (Å²) in [5.41, 5.74) is 6.81. The first-order chi connectivity index (χ1) is 7.09. The first kappa shape index (κ1) is 9.58. The molecule has 1 aromatic carbocycles. The number of pyridine rings is 1. The normalized spacial score (nSPS) is 10.5. The smallest absolute Gasteiger partial charge is 0.162 e. The number of rotatable bonds is 1. The van der Waals surface area contributed by atoms with E-state index in [-0.39, 0.29) is 11.5 Å². The number of carbonyl (C=O) groups is 1. The minimum Gasteiger partial charge on any atom is -0.397 e. The lowest BCUT2D eigenvalue weighted by Crippen LogP contribution is -2.02. The molecule has 0 aliphatic carbocycles. The Morgan fingerprint density at radius 3 is 2.87 bits per heavy atom. The van der Waals surface area contributed by atoms with Crippen molar-refractivity contribution < 1.29 is 9.18 Å². The molecule has 15 heavy (non-hydrogen) atoms. The van der Waals surface area contributed by atoms with Crippen LogP contribution < -0.4 is 5.73 Å². The van der Waals surface area contributed by atoms with E-state index < -0.39 is 5.82 Å². The number of benzene rings is 1. The van der Waals surface area contributed by atoms with E-state index in [0.29, 0.717) is 16.5 Å². The molecule has 0 atom stereocenters. The van der Waals surface area contributed by atoms with Crippen LogP contribution in [-0.4, -0.2) is 10.8 Å². The second kappa shape index (κ2) is 3.31. The Morgan fingerprint density at radius 1 is 1.47 bits per heavy atom. The molecular formula is C11H9FN2O. The molecule has 0 spiro atoms. The van der Waals surface area contributed by atoms with Crippen LogP contribution in [0.15, 0.2) is 24.4 Å². The maximum atomic E-state index is 13.0. The zero-order valence-electron chi connectivity index (χ0n) is 8.12. The Labute approximate surface area is 85.7 Å². The highest BCUT2D eigenvalue weighted by atomic mass is 19.1. The number of carbonyl (C=O) groups excluding carboxylic acids is 1. The summed E-state index contributed by atoms with van der Waals surface area (Å²) in [4.78, 5) is 15.4. The summed E-state index contributed by atoms with van der Waals surface area (Å²) in [6.45, 7) is 1.40. The molecule has 2 rings (SSSR count). The number of anilines is 1. The number of nitrogens with two attached hydrogens (primary N) is 1. The van der Waals surface area contributed by atoms with Gasteiger partial charge in [-0.2, -0.15) is 0 Å². The zero-order chi connectivity index (χ0) is 11.0. The number of nitrogen functional groups attached to an aromatic ring is 1. The SMILES string of the molecule is CC(=O)c1c(N)cnc2ccc(F)cc12. The largest absolute Gasteiger partial charge is 0.397 e. The standard InChI is InChI=1S/C11H9FN2O/c1-6(15)11-8-4-7(12)2-3-10(8)14-5-9(11)13/h2-5H,13H2,1H3. The van der Waals surface area contributed by atoms with Gasteiger partial charge in [0, 0.05) is 5.39 Å². The Hall–Kier alpha value is -1.97. The third-order valence-corrected chi connectivity index (χ3v) is 2.21. The predicted octanol–water partition coefficient (Wildman–Crippen LogP) is 2.16. The van der Waals surface area contributed by atoms with Gasteiger partial charge in [-0.05, 0) is 25.1 Å². The quantitative estimate of drug-likeness (QED) is 0.724. The maximum Gasteiger partial charge on any atom is 0.162 e. The van der Waals surface area contributed by atoms with E-state index in [1.807, 2.05) is 0 Å². The van der Waals surface area contributed by atoms with E-state index >= 15 is 0 Å². The van der Waals surface area contributed by atoms with E-state index in [0.717, 1.165) is 0 Å². The Balaban J connectivity index is 2.90. The monoisotopic (exact) mass is 204 g/mol. The molecule has 0 unspecified atom stereocenters. The number of hydrogen-bond acceptors (Lipinski definition) is 3. The van der Waals surface area contributed by atoms with Crippen LogP contribution in [0.1, 0.15) is 17.3 Å². The molecule has 2 aromatic rings. The third-order valence-electron chi connectivity index (χ3n) is 2.21. The summed E-state index contributed by atoms with van der Waals surface area (Å²) < 4.78 is 13.0. The van der Waals surface area contributed by atoms with E-state index in [1.165, 1.54) is 31.3 Å². The molecule has 3 nitrogen and oxygen atoms in total. The van der Waals surface area contributed by atoms with Crippen molar-refractivity contribution in [3.63, 3.8) is 0 Å². The molecule has 0 aliphatic heterocycles. The van der Waals surface area contributed by atoms with Crippen LogP contribution in [-0.2, 0) is 0 Å². The fourth-order valence-corrected chi connectivity index (χ4v) is 1.57. The van der Waals surface area contributed by atoms with Gasteiger partial charge in [-0.25, -0.2) is 4.39 Å². The molecule has 0 bridgehead atoms. The topological polar surface area (TPSA) is 56.0 Å². The van der Waals surface area contributed by atoms with Crippen molar-refractivity contribution >= 4 is 22.4 Å². The number of nitrogens with zero attached hydrogens (tertiary/aromatic N) is 1. The second-order valence-electron chi connectivity index (χ2n) is 3.31. The molecular weight excluding hydrogens is 195 g/mol. The lowest BCUT2D eigenvalue weighted by Gasteiger charge is -2.05. The molecule has 0 fully saturated rings. The zero-order valence-corrected chi connectivity index (χ0v) is 8.12. The fraction of sp³-hybridized carbons (Fsp3) is 0.0909. The van der Waals surface area contributed by atoms with Gasteiger partial charge in [0.2, 0.25) is 0 Å². The van der Waals surface area contributed by atoms with Crippen LogP contribution in [0.2, 0.25) is 0 Å². The third kappa shape index (κ3) is 1.54. The fourth-order valence-electron chi connectivity index (χ4n) is 1.57. The van der Waals surface area contributed by atoms with Crippen LogP contribution in [0.4, 0.5) is 10.1 Å². The maximum absolute atomic E-state index is 13.0. The second-order valence-corrected chi connectivity index (χ2v) is 3.31. The highest BCUT2D eigenvalue weighted by molar-refractivity contribution is 6.10. The minimum atomic E-state index is -0.405. The summed E-state index contributed by atoms with van der Waals surface area (Å²) in [5.74, 6) is -0.595. The van der Waals surface area contributed by atoms with Gasteiger partial charge in [0.1, 0.15) is 5.82 Å². The lowest BCUT2D eigenvalue weighted by atomic mass is 10.0. The molecule has 0 radical (unpaired) electrons. The van der Waals surface area contributed by atoms with Crippen molar-refractivity contribution in [2.45, 2.75) is 6.92 Å². The van der Waals surface area contributed by atoms with Crippen molar-refractivity contribution in [1.29, 1.82) is 0 Å². The van der Waals surface area contributed by atoms with E-state index in [2.05, 4.69) is 4.98 Å². The molecule has 0 saturated carbocycles. The summed E-state index contributed by atoms with van der Waals surface area (Å²) in [5, 5.41) is 0.461. The van der Waals surface area contributed by atoms with Gasteiger partial charge in [0.25, 0.3) is 0 Å². The first-order valence-corrected chi connectivity index (χ1v) is 4.44. The molecule has 0 amide bonds. The molecule has 4 heteroatoms. The van der Waals surface area contributed by atoms with Crippen molar-refractivity contribution in [1.82, 2.24) is 4.98 Å². The molecule has 0 aliphatic rings. The van der Waals surface area contributed by atoms with Gasteiger partial charge in [0.05, 0.1) is 23.0 Å². The predicted molar refractivity (Wildman–Crippen MR) is 56.1 cm³/mol. The average Bonchev–Trinajstić information content (AvgIpc) is 2.16. The Kier molecular flexibility index (Phi) is 2.11. The Morgan fingerprint density at radius 2 is 2.20 bits per heavy atom. The van der Waals surface area contributed by atoms with Crippen molar-refractivity contribution in [2.75, 3.05) is 5.73 Å². The lowest BCUT2D eigenvalue weighted by molar-refractivity contribution is 0.102. The Bertz CT molecular complexity index is 546. The molecule has 0 saturated heterocycles. The number of fused-ring (bicyclic) bond motifs is 1. The summed E-state index contributed by atoms with van der Waals surface area (Å²) in [7, 11) is 0. The number of aromatic nitrogens is 1. The number of ketones is 1. The van der Waals surface area contributed by atoms with Crippen LogP contribution >= 0.6 is 0 Å². The van der Waals surface area contributed by atoms with Gasteiger partial charge < -0.3 is 5.73 Å². The highest BCUT2D eigenvalue weighted by Gasteiger charge is 2.11. The molecule has 76 valence electrons. The number of hydrogen-bond donors (Lipinski definition) is 1. The van der Waals surface area contributed by atoms with Crippen molar-refractivity contribution in [3.8, 4) is 0 Å². The number of halogens is 1. The van der Waals surface area contributed by atoms with Crippen LogP contribution in [0.5, 0.6) is 0 Å². The van der Waals surface area contributed by atoms with Gasteiger partial charge in [-0.15, -0.1) is 0 Å². The van der Waals surface area contributed by atoms with Crippen molar-refractivity contribution in [3.05, 3.63) is 35.8 Å². The van der Waals surface area contributed by atoms with Gasteiger partial charge >= 0.3 is 0 Å². The minimum absolute atomic E-state index is 0.189. The summed E-state index contributed by atoms with van der Waals surface area (Å²) >= 11 is 0.